The van der Waals surface area contributed by atoms with E-state index in [0.29, 0.717) is 5.75 Å². The van der Waals surface area contributed by atoms with E-state index >= 15 is 0 Å². The van der Waals surface area contributed by atoms with Crippen molar-refractivity contribution in [3.8, 4) is 5.75 Å². The van der Waals surface area contributed by atoms with Gasteiger partial charge in [0.05, 0.1) is 6.10 Å². The van der Waals surface area contributed by atoms with E-state index in [1.165, 1.54) is 22.4 Å². The fourth-order valence-electron chi connectivity index (χ4n) is 0.745. The number of ether oxygens (including phenoxy) is 1. The van der Waals surface area contributed by atoms with Gasteiger partial charge in [0.1, 0.15) is 0 Å². The van der Waals surface area contributed by atoms with Crippen molar-refractivity contribution < 1.29 is 25.5 Å². The van der Waals surface area contributed by atoms with E-state index in [0.717, 1.165) is 0 Å². The van der Waals surface area contributed by atoms with Gasteiger partial charge in [-0.2, -0.15) is 12.1 Å². The van der Waals surface area contributed by atoms with E-state index in [1.807, 2.05) is 13.8 Å². The topological polar surface area (TPSA) is 9.23 Å². The molecule has 0 spiro atoms. The van der Waals surface area contributed by atoms with Crippen LogP contribution in [-0.2, 0) is 16.3 Å². The first-order valence-electron chi connectivity index (χ1n) is 3.79. The third-order valence-electron chi connectivity index (χ3n) is 1.14. The van der Waals surface area contributed by atoms with Crippen LogP contribution in [0.15, 0.2) is 18.2 Å². The maximum absolute atomic E-state index is 12.8. The first-order valence-corrected chi connectivity index (χ1v) is 10.7. The number of halogens is 2. The van der Waals surface area contributed by atoms with E-state index in [9.17, 15) is 4.39 Å². The molecular formula is C9H10BrFOZn. The zero-order valence-electron chi connectivity index (χ0n) is 7.68. The van der Waals surface area contributed by atoms with Gasteiger partial charge in [0.15, 0.2) is 0 Å². The first kappa shape index (κ1) is 13.1. The van der Waals surface area contributed by atoms with Crippen molar-refractivity contribution >= 4 is 13.6 Å². The summed E-state index contributed by atoms with van der Waals surface area (Å²) in [7, 11) is 0. The second-order valence-electron chi connectivity index (χ2n) is 2.52. The van der Waals surface area contributed by atoms with Crippen molar-refractivity contribution in [1.82, 2.24) is 0 Å². The van der Waals surface area contributed by atoms with Crippen molar-refractivity contribution in [2.45, 2.75) is 20.0 Å². The van der Waals surface area contributed by atoms with E-state index in [-0.39, 0.29) is 11.9 Å². The van der Waals surface area contributed by atoms with Crippen molar-refractivity contribution in [2.24, 2.45) is 0 Å². The summed E-state index contributed by atoms with van der Waals surface area (Å²) in [5, 5.41) is 0. The van der Waals surface area contributed by atoms with Gasteiger partial charge in [-0.05, 0) is 13.8 Å². The standard InChI is InChI=1S/C9H10FO.BrH.Zn/c1-7(2)11-9-6-4-3-5-8(9)10;;/h4-7H,1-2H3;1H;/q-1;;+2/p-1. The quantitative estimate of drug-likeness (QED) is 0.601. The summed E-state index contributed by atoms with van der Waals surface area (Å²) in [6, 6.07) is 7.07. The molecule has 0 N–H and O–H groups in total. The molecule has 0 heterocycles. The molecule has 0 aliphatic rings. The molecule has 0 radical (unpaired) electrons. The van der Waals surface area contributed by atoms with Gasteiger partial charge in [0.2, 0.25) is 0 Å². The molecule has 0 fully saturated rings. The van der Waals surface area contributed by atoms with Crippen LogP contribution in [-0.4, -0.2) is 6.10 Å². The van der Waals surface area contributed by atoms with Gasteiger partial charge in [-0.1, -0.05) is 0 Å². The Morgan fingerprint density at radius 1 is 1.54 bits per heavy atom. The van der Waals surface area contributed by atoms with Gasteiger partial charge in [-0.15, -0.1) is 12.1 Å². The number of hydrogen-bond acceptors (Lipinski definition) is 1. The Morgan fingerprint density at radius 3 is 2.62 bits per heavy atom. The number of rotatable bonds is 2. The summed E-state index contributed by atoms with van der Waals surface area (Å²) in [5.41, 5.74) is 0. The molecule has 0 saturated carbocycles. The van der Waals surface area contributed by atoms with Crippen LogP contribution in [0.2, 0.25) is 0 Å². The monoisotopic (exact) mass is 296 g/mol. The zero-order chi connectivity index (χ0) is 10.3. The Balaban J connectivity index is 0.000000671. The van der Waals surface area contributed by atoms with Crippen molar-refractivity contribution in [3.05, 3.63) is 30.1 Å². The third-order valence-corrected chi connectivity index (χ3v) is 1.14. The molecule has 68 valence electrons. The third kappa shape index (κ3) is 5.38. The van der Waals surface area contributed by atoms with E-state index in [2.05, 4.69) is 19.7 Å². The molecule has 4 heteroatoms. The van der Waals surface area contributed by atoms with Crippen molar-refractivity contribution in [1.29, 1.82) is 0 Å². The molecule has 13 heavy (non-hydrogen) atoms. The minimum absolute atomic E-state index is 0.00639. The van der Waals surface area contributed by atoms with Gasteiger partial charge in [-0.25, -0.2) is 0 Å². The van der Waals surface area contributed by atoms with Gasteiger partial charge < -0.3 is 4.74 Å². The molecule has 0 amide bonds. The van der Waals surface area contributed by atoms with Crippen molar-refractivity contribution in [3.63, 3.8) is 0 Å². The second-order valence-corrected chi connectivity index (χ2v) is 2.52. The van der Waals surface area contributed by atoms with Crippen LogP contribution in [0, 0.1) is 11.9 Å². The Labute approximate surface area is 94.7 Å². The molecule has 0 saturated heterocycles. The molecule has 0 aliphatic heterocycles. The van der Waals surface area contributed by atoms with Crippen LogP contribution >= 0.6 is 13.6 Å². The fourth-order valence-corrected chi connectivity index (χ4v) is 0.745. The van der Waals surface area contributed by atoms with Crippen LogP contribution in [0.4, 0.5) is 4.39 Å². The minimum atomic E-state index is -0.360. The molecule has 1 aromatic carbocycles. The Morgan fingerprint density at radius 2 is 2.15 bits per heavy atom. The van der Waals surface area contributed by atoms with Crippen LogP contribution in [0.1, 0.15) is 13.8 Å². The fraction of sp³-hybridized carbons (Fsp3) is 0.333. The van der Waals surface area contributed by atoms with Crippen LogP contribution in [0.3, 0.4) is 0 Å². The zero-order valence-corrected chi connectivity index (χ0v) is 12.2. The maximum atomic E-state index is 12.8. The van der Waals surface area contributed by atoms with Gasteiger partial charge in [-0.3, -0.25) is 4.39 Å². The average Bonchev–Trinajstić information content (AvgIpc) is 2.12. The summed E-state index contributed by atoms with van der Waals surface area (Å²) in [6.45, 7) is 3.71. The van der Waals surface area contributed by atoms with Gasteiger partial charge >= 0.3 is 30.0 Å². The summed E-state index contributed by atoms with van der Waals surface area (Å²) in [5.74, 6) is -0.0695. The van der Waals surface area contributed by atoms with Gasteiger partial charge in [0.25, 0.3) is 0 Å². The Kier molecular flexibility index (Phi) is 7.49. The number of hydrogen-bond donors (Lipinski definition) is 0. The molecular weight excluding hydrogens is 288 g/mol. The van der Waals surface area contributed by atoms with Crippen LogP contribution in [0.5, 0.6) is 5.75 Å². The van der Waals surface area contributed by atoms with E-state index < -0.39 is 0 Å². The average molecular weight is 298 g/mol. The molecule has 1 aromatic rings. The summed E-state index contributed by atoms with van der Waals surface area (Å²) in [4.78, 5) is 0. The molecule has 1 rings (SSSR count). The van der Waals surface area contributed by atoms with Crippen molar-refractivity contribution in [2.75, 3.05) is 0 Å². The summed E-state index contributed by atoms with van der Waals surface area (Å²) < 4.78 is 17.9. The molecule has 0 bridgehead atoms. The molecule has 0 unspecified atom stereocenters. The molecule has 1 nitrogen and oxygen atoms in total. The predicted octanol–water partition coefficient (Wildman–Crippen LogP) is 3.26. The first-order chi connectivity index (χ1) is 6.20. The van der Waals surface area contributed by atoms with Gasteiger partial charge in [0, 0.05) is 11.6 Å². The molecule has 0 aromatic heterocycles. The Bertz CT molecular complexity index is 243. The van der Waals surface area contributed by atoms with E-state index in [1.54, 1.807) is 12.1 Å². The summed E-state index contributed by atoms with van der Waals surface area (Å²) in [6.07, 6.45) is 0.00639. The van der Waals surface area contributed by atoms with E-state index in [4.69, 9.17) is 4.74 Å². The SMILES string of the molecule is CC(C)Oc1cc[c-]cc1F.[Zn+][Br]. The predicted molar refractivity (Wildman–Crippen MR) is 49.9 cm³/mol. The van der Waals surface area contributed by atoms with Crippen LogP contribution < -0.4 is 4.74 Å². The normalized spacial score (nSPS) is 9.15. The molecule has 0 aliphatic carbocycles. The Hall–Kier alpha value is 0.0534. The van der Waals surface area contributed by atoms with Crippen LogP contribution in [0.25, 0.3) is 0 Å². The molecule has 0 atom stereocenters. The second kappa shape index (κ2) is 7.46. The number of benzene rings is 1. The summed E-state index contributed by atoms with van der Waals surface area (Å²) >= 11 is 4.25.